The Morgan fingerprint density at radius 3 is 2.44 bits per heavy atom. The summed E-state index contributed by atoms with van der Waals surface area (Å²) in [5.74, 6) is -0.406. The Kier molecular flexibility index (Phi) is 3.36. The lowest BCUT2D eigenvalue weighted by Gasteiger charge is -2.07. The molecule has 0 spiro atoms. The van der Waals surface area contributed by atoms with Gasteiger partial charge in [0.2, 0.25) is 0 Å². The molecule has 16 heavy (non-hydrogen) atoms. The van der Waals surface area contributed by atoms with Crippen LogP contribution >= 0.6 is 23.4 Å². The Morgan fingerprint density at radius 2 is 1.69 bits per heavy atom. The highest BCUT2D eigenvalue weighted by atomic mass is 35.5. The third-order valence-corrected chi connectivity index (χ3v) is 3.66. The standard InChI is InChI=1S/C12H9ClFNS/c13-8-4-1-2-6-10(8)16-11-7-3-5-9(14)12(11)15/h1-7H,15H2. The fourth-order valence-electron chi connectivity index (χ4n) is 1.25. The lowest BCUT2D eigenvalue weighted by atomic mass is 10.3. The molecule has 0 aliphatic carbocycles. The highest BCUT2D eigenvalue weighted by molar-refractivity contribution is 7.99. The Labute approximate surface area is 102 Å². The minimum absolute atomic E-state index is 0.160. The summed E-state index contributed by atoms with van der Waals surface area (Å²) in [5, 5.41) is 0.635. The second-order valence-corrected chi connectivity index (χ2v) is 4.68. The molecule has 0 saturated heterocycles. The van der Waals surface area contributed by atoms with E-state index in [1.54, 1.807) is 18.2 Å². The van der Waals surface area contributed by atoms with E-state index in [-0.39, 0.29) is 5.69 Å². The van der Waals surface area contributed by atoms with Crippen LogP contribution in [0.2, 0.25) is 5.02 Å². The molecule has 0 aromatic heterocycles. The summed E-state index contributed by atoms with van der Waals surface area (Å²) in [6, 6.07) is 12.1. The summed E-state index contributed by atoms with van der Waals surface area (Å²) in [4.78, 5) is 1.54. The van der Waals surface area contributed by atoms with Crippen molar-refractivity contribution in [2.75, 3.05) is 5.73 Å². The van der Waals surface area contributed by atoms with Gasteiger partial charge in [-0.2, -0.15) is 0 Å². The summed E-state index contributed by atoms with van der Waals surface area (Å²) in [5.41, 5.74) is 5.80. The zero-order valence-electron chi connectivity index (χ0n) is 8.28. The first kappa shape index (κ1) is 11.3. The number of benzene rings is 2. The Hall–Kier alpha value is -1.19. The van der Waals surface area contributed by atoms with Gasteiger partial charge in [0.15, 0.2) is 0 Å². The van der Waals surface area contributed by atoms with Gasteiger partial charge in [-0.3, -0.25) is 0 Å². The molecular formula is C12H9ClFNS. The largest absolute Gasteiger partial charge is 0.395 e. The number of para-hydroxylation sites is 1. The van der Waals surface area contributed by atoms with Gasteiger partial charge in [-0.25, -0.2) is 4.39 Å². The maximum absolute atomic E-state index is 13.2. The molecule has 0 radical (unpaired) electrons. The van der Waals surface area contributed by atoms with Crippen molar-refractivity contribution >= 4 is 29.1 Å². The molecule has 2 aromatic carbocycles. The molecule has 0 bridgehead atoms. The fraction of sp³-hybridized carbons (Fsp3) is 0. The molecule has 0 amide bonds. The molecule has 0 saturated carbocycles. The molecule has 2 rings (SSSR count). The smallest absolute Gasteiger partial charge is 0.147 e. The molecule has 0 aliphatic heterocycles. The minimum Gasteiger partial charge on any atom is -0.395 e. The van der Waals surface area contributed by atoms with Gasteiger partial charge < -0.3 is 5.73 Å². The summed E-state index contributed by atoms with van der Waals surface area (Å²) < 4.78 is 13.2. The van der Waals surface area contributed by atoms with Crippen LogP contribution < -0.4 is 5.73 Å². The molecule has 0 unspecified atom stereocenters. The molecule has 0 heterocycles. The number of hydrogen-bond acceptors (Lipinski definition) is 2. The van der Waals surface area contributed by atoms with E-state index in [2.05, 4.69) is 0 Å². The zero-order chi connectivity index (χ0) is 11.5. The number of nitrogens with two attached hydrogens (primary N) is 1. The van der Waals surface area contributed by atoms with Crippen LogP contribution in [0.4, 0.5) is 10.1 Å². The van der Waals surface area contributed by atoms with E-state index in [1.807, 2.05) is 18.2 Å². The number of hydrogen-bond donors (Lipinski definition) is 1. The van der Waals surface area contributed by atoms with Crippen molar-refractivity contribution in [3.05, 3.63) is 53.3 Å². The van der Waals surface area contributed by atoms with Crippen LogP contribution in [-0.2, 0) is 0 Å². The maximum Gasteiger partial charge on any atom is 0.147 e. The van der Waals surface area contributed by atoms with Crippen molar-refractivity contribution in [3.63, 3.8) is 0 Å². The first-order valence-electron chi connectivity index (χ1n) is 4.65. The Bertz CT molecular complexity index is 516. The first-order valence-corrected chi connectivity index (χ1v) is 5.84. The van der Waals surface area contributed by atoms with Crippen molar-refractivity contribution in [2.45, 2.75) is 9.79 Å². The number of anilines is 1. The predicted octanol–water partition coefficient (Wildman–Crippen LogP) is 4.21. The average molecular weight is 254 g/mol. The van der Waals surface area contributed by atoms with E-state index in [4.69, 9.17) is 17.3 Å². The van der Waals surface area contributed by atoms with Crippen LogP contribution in [-0.4, -0.2) is 0 Å². The predicted molar refractivity (Wildman–Crippen MR) is 66.4 cm³/mol. The lowest BCUT2D eigenvalue weighted by molar-refractivity contribution is 0.629. The van der Waals surface area contributed by atoms with Gasteiger partial charge >= 0.3 is 0 Å². The van der Waals surface area contributed by atoms with Gasteiger partial charge in [-0.1, -0.05) is 41.6 Å². The van der Waals surface area contributed by atoms with Crippen molar-refractivity contribution in [3.8, 4) is 0 Å². The number of nitrogen functional groups attached to an aromatic ring is 1. The monoisotopic (exact) mass is 253 g/mol. The Balaban J connectivity index is 2.35. The van der Waals surface area contributed by atoms with Crippen molar-refractivity contribution in [1.29, 1.82) is 0 Å². The second kappa shape index (κ2) is 4.76. The van der Waals surface area contributed by atoms with Gasteiger partial charge in [0.05, 0.1) is 10.7 Å². The Morgan fingerprint density at radius 1 is 1.00 bits per heavy atom. The summed E-state index contributed by atoms with van der Waals surface area (Å²) in [6.07, 6.45) is 0. The molecule has 4 heteroatoms. The third kappa shape index (κ3) is 2.31. The average Bonchev–Trinajstić information content (AvgIpc) is 2.28. The van der Waals surface area contributed by atoms with Crippen LogP contribution in [0.5, 0.6) is 0 Å². The molecule has 2 N–H and O–H groups in total. The van der Waals surface area contributed by atoms with E-state index in [1.165, 1.54) is 17.8 Å². The fourth-order valence-corrected chi connectivity index (χ4v) is 2.41. The minimum atomic E-state index is -0.406. The van der Waals surface area contributed by atoms with Gasteiger partial charge in [0, 0.05) is 9.79 Å². The highest BCUT2D eigenvalue weighted by Crippen LogP contribution is 2.36. The SMILES string of the molecule is Nc1c(F)cccc1Sc1ccccc1Cl. The summed E-state index contributed by atoms with van der Waals surface area (Å²) in [6.45, 7) is 0. The third-order valence-electron chi connectivity index (χ3n) is 2.07. The van der Waals surface area contributed by atoms with Gasteiger partial charge in [0.1, 0.15) is 5.82 Å². The van der Waals surface area contributed by atoms with Crippen molar-refractivity contribution in [1.82, 2.24) is 0 Å². The lowest BCUT2D eigenvalue weighted by Crippen LogP contribution is -1.92. The number of rotatable bonds is 2. The molecule has 0 atom stereocenters. The van der Waals surface area contributed by atoms with Crippen LogP contribution in [0.1, 0.15) is 0 Å². The van der Waals surface area contributed by atoms with E-state index in [9.17, 15) is 4.39 Å². The van der Waals surface area contributed by atoms with Crippen LogP contribution in [0, 0.1) is 5.82 Å². The van der Waals surface area contributed by atoms with E-state index < -0.39 is 5.82 Å². The molecule has 1 nitrogen and oxygen atoms in total. The zero-order valence-corrected chi connectivity index (χ0v) is 9.86. The molecule has 2 aromatic rings. The van der Waals surface area contributed by atoms with Crippen molar-refractivity contribution < 1.29 is 4.39 Å². The highest BCUT2D eigenvalue weighted by Gasteiger charge is 2.07. The first-order chi connectivity index (χ1) is 7.68. The van der Waals surface area contributed by atoms with Crippen molar-refractivity contribution in [2.24, 2.45) is 0 Å². The van der Waals surface area contributed by atoms with Crippen LogP contribution in [0.25, 0.3) is 0 Å². The van der Waals surface area contributed by atoms with Gasteiger partial charge in [-0.05, 0) is 24.3 Å². The van der Waals surface area contributed by atoms with Crippen LogP contribution in [0.15, 0.2) is 52.3 Å². The van der Waals surface area contributed by atoms with Crippen LogP contribution in [0.3, 0.4) is 0 Å². The second-order valence-electron chi connectivity index (χ2n) is 3.18. The maximum atomic E-state index is 13.2. The summed E-state index contributed by atoms with van der Waals surface area (Å²) >= 11 is 7.37. The molecule has 0 aliphatic rings. The van der Waals surface area contributed by atoms with E-state index in [0.29, 0.717) is 9.92 Å². The molecule has 82 valence electrons. The molecular weight excluding hydrogens is 245 g/mol. The quantitative estimate of drug-likeness (QED) is 0.812. The normalized spacial score (nSPS) is 10.4. The van der Waals surface area contributed by atoms with Gasteiger partial charge in [0.25, 0.3) is 0 Å². The van der Waals surface area contributed by atoms with Gasteiger partial charge in [-0.15, -0.1) is 0 Å². The summed E-state index contributed by atoms with van der Waals surface area (Å²) in [7, 11) is 0. The van der Waals surface area contributed by atoms with E-state index >= 15 is 0 Å². The number of halogens is 2. The molecule has 0 fully saturated rings. The topological polar surface area (TPSA) is 26.0 Å². The van der Waals surface area contributed by atoms with E-state index in [0.717, 1.165) is 4.90 Å².